The number of hydrogen-bond acceptors (Lipinski definition) is 6. The Hall–Kier alpha value is -3.67. The van der Waals surface area contributed by atoms with E-state index in [9.17, 15) is 14.4 Å². The third kappa shape index (κ3) is 51.2. The van der Waals surface area contributed by atoms with E-state index in [0.717, 1.165) is 116 Å². The maximum Gasteiger partial charge on any atom is 0.306 e. The van der Waals surface area contributed by atoms with E-state index in [0.29, 0.717) is 19.3 Å². The standard InChI is InChI=1S/C59H98O6/c1-4-7-10-13-16-19-22-25-27-28-29-30-32-34-37-40-43-46-49-52-58(61)64-55-56(54-63-57(60)51-48-45-42-39-36-33-24-21-18-15-12-9-6-3)65-59(62)53-50-47-44-41-38-35-31-26-23-20-17-14-11-8-5-2/h8,11-12,15-17,19-21,24-27,31,38,41,56H,4-7,9-10,13-14,18,22-23,28-30,32-37,39-40,42-55H2,1-3H3/b11-8-,15-12-,19-16-,20-17-,24-21-,27-25-,31-26-,41-38-. The van der Waals surface area contributed by atoms with Gasteiger partial charge in [-0.1, -0.05) is 201 Å². The van der Waals surface area contributed by atoms with Crippen molar-refractivity contribution in [3.8, 4) is 0 Å². The molecule has 6 nitrogen and oxygen atoms in total. The van der Waals surface area contributed by atoms with E-state index >= 15 is 0 Å². The van der Waals surface area contributed by atoms with E-state index in [2.05, 4.69) is 118 Å². The first-order valence-electron chi connectivity index (χ1n) is 26.7. The Morgan fingerprint density at radius 1 is 0.323 bits per heavy atom. The molecule has 0 aliphatic heterocycles. The maximum absolute atomic E-state index is 12.8. The van der Waals surface area contributed by atoms with Gasteiger partial charge >= 0.3 is 17.9 Å². The number of carbonyl (C=O) groups excluding carboxylic acids is 3. The predicted molar refractivity (Wildman–Crippen MR) is 279 cm³/mol. The van der Waals surface area contributed by atoms with Crippen LogP contribution in [-0.4, -0.2) is 37.2 Å². The molecule has 0 saturated heterocycles. The van der Waals surface area contributed by atoms with Crippen LogP contribution in [0, 0.1) is 0 Å². The number of hydrogen-bond donors (Lipinski definition) is 0. The number of rotatable bonds is 47. The van der Waals surface area contributed by atoms with Crippen LogP contribution in [0.4, 0.5) is 0 Å². The van der Waals surface area contributed by atoms with Gasteiger partial charge in [-0.2, -0.15) is 0 Å². The average molecular weight is 903 g/mol. The van der Waals surface area contributed by atoms with Crippen LogP contribution in [0.2, 0.25) is 0 Å². The van der Waals surface area contributed by atoms with E-state index in [-0.39, 0.29) is 37.5 Å². The lowest BCUT2D eigenvalue weighted by atomic mass is 10.1. The van der Waals surface area contributed by atoms with Crippen molar-refractivity contribution in [1.82, 2.24) is 0 Å². The largest absolute Gasteiger partial charge is 0.462 e. The summed E-state index contributed by atoms with van der Waals surface area (Å²) in [4.78, 5) is 38.0. The number of esters is 3. The quantitative estimate of drug-likeness (QED) is 0.0262. The van der Waals surface area contributed by atoms with E-state index < -0.39 is 6.10 Å². The zero-order valence-electron chi connectivity index (χ0n) is 42.2. The second-order valence-corrected chi connectivity index (χ2v) is 17.4. The average Bonchev–Trinajstić information content (AvgIpc) is 3.30. The van der Waals surface area contributed by atoms with Crippen molar-refractivity contribution in [1.29, 1.82) is 0 Å². The molecule has 370 valence electrons. The third-order valence-corrected chi connectivity index (χ3v) is 11.0. The van der Waals surface area contributed by atoms with Crippen LogP contribution in [0.1, 0.15) is 239 Å². The topological polar surface area (TPSA) is 78.9 Å². The fraction of sp³-hybridized carbons (Fsp3) is 0.678. The molecule has 1 atom stereocenters. The molecule has 1 unspecified atom stereocenters. The van der Waals surface area contributed by atoms with Crippen LogP contribution in [-0.2, 0) is 28.6 Å². The lowest BCUT2D eigenvalue weighted by Gasteiger charge is -2.18. The highest BCUT2D eigenvalue weighted by Gasteiger charge is 2.19. The van der Waals surface area contributed by atoms with Gasteiger partial charge in [-0.15, -0.1) is 0 Å². The number of unbranched alkanes of at least 4 members (excludes halogenated alkanes) is 20. The summed E-state index contributed by atoms with van der Waals surface area (Å²) in [5, 5.41) is 0. The lowest BCUT2D eigenvalue weighted by molar-refractivity contribution is -0.167. The molecule has 0 aromatic heterocycles. The first kappa shape index (κ1) is 61.3. The van der Waals surface area contributed by atoms with Gasteiger partial charge in [0.05, 0.1) is 0 Å². The molecule has 0 amide bonds. The summed E-state index contributed by atoms with van der Waals surface area (Å²) in [6, 6.07) is 0. The van der Waals surface area contributed by atoms with Crippen molar-refractivity contribution < 1.29 is 28.6 Å². The molecule has 0 radical (unpaired) electrons. The Morgan fingerprint density at radius 2 is 0.631 bits per heavy atom. The molecule has 0 aromatic rings. The molecule has 0 heterocycles. The molecule has 0 rings (SSSR count). The van der Waals surface area contributed by atoms with Crippen molar-refractivity contribution >= 4 is 17.9 Å². The van der Waals surface area contributed by atoms with Crippen molar-refractivity contribution in [3.63, 3.8) is 0 Å². The van der Waals surface area contributed by atoms with E-state index in [4.69, 9.17) is 14.2 Å². The second kappa shape index (κ2) is 52.9. The van der Waals surface area contributed by atoms with Crippen LogP contribution in [0.25, 0.3) is 0 Å². The molecule has 6 heteroatoms. The lowest BCUT2D eigenvalue weighted by Crippen LogP contribution is -2.30. The summed E-state index contributed by atoms with van der Waals surface area (Å²) < 4.78 is 16.8. The third-order valence-electron chi connectivity index (χ3n) is 11.0. The van der Waals surface area contributed by atoms with Gasteiger partial charge in [0, 0.05) is 19.3 Å². The minimum absolute atomic E-state index is 0.102. The van der Waals surface area contributed by atoms with Gasteiger partial charge in [0.15, 0.2) is 6.10 Å². The molecular formula is C59H98O6. The van der Waals surface area contributed by atoms with Crippen LogP contribution in [0.15, 0.2) is 97.2 Å². The molecular weight excluding hydrogens is 805 g/mol. The van der Waals surface area contributed by atoms with Gasteiger partial charge in [0.25, 0.3) is 0 Å². The van der Waals surface area contributed by atoms with E-state index in [1.54, 1.807) is 0 Å². The monoisotopic (exact) mass is 903 g/mol. The van der Waals surface area contributed by atoms with Crippen LogP contribution in [0.3, 0.4) is 0 Å². The molecule has 0 aromatic carbocycles. The highest BCUT2D eigenvalue weighted by molar-refractivity contribution is 5.71. The zero-order chi connectivity index (χ0) is 47.2. The highest BCUT2D eigenvalue weighted by Crippen LogP contribution is 2.14. The van der Waals surface area contributed by atoms with Crippen LogP contribution < -0.4 is 0 Å². The summed E-state index contributed by atoms with van der Waals surface area (Å²) >= 11 is 0. The summed E-state index contributed by atoms with van der Waals surface area (Å²) in [6.45, 7) is 6.38. The van der Waals surface area contributed by atoms with E-state index in [1.165, 1.54) is 77.0 Å². The summed E-state index contributed by atoms with van der Waals surface area (Å²) in [5.41, 5.74) is 0. The van der Waals surface area contributed by atoms with Gasteiger partial charge in [-0.3, -0.25) is 14.4 Å². The molecule has 65 heavy (non-hydrogen) atoms. The number of ether oxygens (including phenoxy) is 3. The zero-order valence-corrected chi connectivity index (χ0v) is 42.2. The minimum atomic E-state index is -0.807. The van der Waals surface area contributed by atoms with E-state index in [1.807, 2.05) is 0 Å². The molecule has 0 fully saturated rings. The number of carbonyl (C=O) groups is 3. The van der Waals surface area contributed by atoms with Gasteiger partial charge in [0.2, 0.25) is 0 Å². The van der Waals surface area contributed by atoms with Gasteiger partial charge in [0.1, 0.15) is 13.2 Å². The van der Waals surface area contributed by atoms with Crippen molar-refractivity contribution in [2.45, 2.75) is 245 Å². The van der Waals surface area contributed by atoms with Crippen LogP contribution >= 0.6 is 0 Å². The van der Waals surface area contributed by atoms with Crippen LogP contribution in [0.5, 0.6) is 0 Å². The van der Waals surface area contributed by atoms with Crippen molar-refractivity contribution in [2.75, 3.05) is 13.2 Å². The molecule has 0 N–H and O–H groups in total. The summed E-state index contributed by atoms with van der Waals surface area (Å²) in [6.07, 6.45) is 69.6. The minimum Gasteiger partial charge on any atom is -0.462 e. The molecule has 0 aliphatic carbocycles. The normalized spacial score (nSPS) is 12.8. The molecule has 0 saturated carbocycles. The first-order valence-corrected chi connectivity index (χ1v) is 26.7. The highest BCUT2D eigenvalue weighted by atomic mass is 16.6. The smallest absolute Gasteiger partial charge is 0.306 e. The molecule has 0 bridgehead atoms. The number of allylic oxidation sites excluding steroid dienone is 16. The fourth-order valence-corrected chi connectivity index (χ4v) is 7.03. The van der Waals surface area contributed by atoms with Crippen molar-refractivity contribution in [3.05, 3.63) is 97.2 Å². The Bertz CT molecular complexity index is 1310. The summed E-state index contributed by atoms with van der Waals surface area (Å²) in [7, 11) is 0. The molecule has 0 aliphatic rings. The fourth-order valence-electron chi connectivity index (χ4n) is 7.03. The van der Waals surface area contributed by atoms with Gasteiger partial charge in [-0.25, -0.2) is 0 Å². The SMILES string of the molecule is CC/C=C\C/C=C\C/C=C\C/C=C\CCCCC(=O)OC(COC(=O)CCCCCCC/C=C\C/C=C\CCC)COC(=O)CCCCCCCCCCC/C=C\C/C=C\CCCCC. The first-order chi connectivity index (χ1) is 32.0. The Labute approximate surface area is 400 Å². The maximum atomic E-state index is 12.8. The summed E-state index contributed by atoms with van der Waals surface area (Å²) in [5.74, 6) is -0.964. The predicted octanol–water partition coefficient (Wildman–Crippen LogP) is 17.8. The Balaban J connectivity index is 4.45. The van der Waals surface area contributed by atoms with Crippen molar-refractivity contribution in [2.24, 2.45) is 0 Å². The second-order valence-electron chi connectivity index (χ2n) is 17.4. The van der Waals surface area contributed by atoms with Gasteiger partial charge in [-0.05, 0) is 116 Å². The molecule has 0 spiro atoms. The van der Waals surface area contributed by atoms with Gasteiger partial charge < -0.3 is 14.2 Å². The Morgan fingerprint density at radius 3 is 1.03 bits per heavy atom. The Kier molecular flexibility index (Phi) is 50.0.